The SMILES string of the molecule is CCNC(=NCc1ccc(COCc2ccccc2)cc1)NCC(C)N1CCOCC1. The maximum atomic E-state index is 5.82. The molecule has 2 aromatic rings. The number of nitrogens with one attached hydrogen (secondary N) is 2. The fraction of sp³-hybridized carbons (Fsp3) is 0.480. The first kappa shape index (κ1) is 23.3. The van der Waals surface area contributed by atoms with Gasteiger partial charge < -0.3 is 20.1 Å². The lowest BCUT2D eigenvalue weighted by Crippen LogP contribution is -2.49. The van der Waals surface area contributed by atoms with E-state index in [1.807, 2.05) is 18.2 Å². The number of ether oxygens (including phenoxy) is 2. The summed E-state index contributed by atoms with van der Waals surface area (Å²) in [6.45, 7) is 11.6. The molecule has 6 nitrogen and oxygen atoms in total. The molecule has 0 aliphatic carbocycles. The molecular weight excluding hydrogens is 388 g/mol. The first-order chi connectivity index (χ1) is 15.2. The van der Waals surface area contributed by atoms with E-state index in [9.17, 15) is 0 Å². The highest BCUT2D eigenvalue weighted by atomic mass is 16.5. The second kappa shape index (κ2) is 13.1. The van der Waals surface area contributed by atoms with E-state index in [2.05, 4.69) is 65.8 Å². The number of hydrogen-bond acceptors (Lipinski definition) is 4. The monoisotopic (exact) mass is 424 g/mol. The summed E-state index contributed by atoms with van der Waals surface area (Å²) < 4.78 is 11.3. The second-order valence-corrected chi connectivity index (χ2v) is 7.87. The quantitative estimate of drug-likeness (QED) is 0.453. The van der Waals surface area contributed by atoms with Crippen LogP contribution in [0.3, 0.4) is 0 Å². The van der Waals surface area contributed by atoms with E-state index in [0.717, 1.165) is 45.4 Å². The number of rotatable bonds is 10. The highest BCUT2D eigenvalue weighted by molar-refractivity contribution is 5.79. The molecule has 6 heteroatoms. The van der Waals surface area contributed by atoms with Gasteiger partial charge >= 0.3 is 0 Å². The first-order valence-electron chi connectivity index (χ1n) is 11.3. The van der Waals surface area contributed by atoms with E-state index >= 15 is 0 Å². The summed E-state index contributed by atoms with van der Waals surface area (Å²) >= 11 is 0. The zero-order valence-corrected chi connectivity index (χ0v) is 18.8. The molecule has 1 atom stereocenters. The molecule has 0 amide bonds. The number of nitrogens with zero attached hydrogens (tertiary/aromatic N) is 2. The van der Waals surface area contributed by atoms with Crippen LogP contribution in [-0.4, -0.2) is 56.3 Å². The van der Waals surface area contributed by atoms with Crippen LogP contribution < -0.4 is 10.6 Å². The standard InChI is InChI=1S/C25H36N4O2/c1-3-26-25(27-17-21(2)29-13-15-30-16-14-29)28-18-22-9-11-24(12-10-22)20-31-19-23-7-5-4-6-8-23/h4-12,21H,3,13-20H2,1-2H3,(H2,26,27,28). The predicted molar refractivity (Wildman–Crippen MR) is 126 cm³/mol. The molecule has 168 valence electrons. The number of hydrogen-bond donors (Lipinski definition) is 2. The highest BCUT2D eigenvalue weighted by Gasteiger charge is 2.16. The zero-order valence-electron chi connectivity index (χ0n) is 18.8. The number of aliphatic imine (C=N–C) groups is 1. The second-order valence-electron chi connectivity index (χ2n) is 7.87. The summed E-state index contributed by atoms with van der Waals surface area (Å²) in [5, 5.41) is 6.82. The largest absolute Gasteiger partial charge is 0.379 e. The van der Waals surface area contributed by atoms with E-state index in [1.54, 1.807) is 0 Å². The first-order valence-corrected chi connectivity index (χ1v) is 11.3. The van der Waals surface area contributed by atoms with Crippen molar-refractivity contribution in [2.75, 3.05) is 39.4 Å². The average molecular weight is 425 g/mol. The summed E-state index contributed by atoms with van der Waals surface area (Å²) in [7, 11) is 0. The molecule has 1 fully saturated rings. The third kappa shape index (κ3) is 8.32. The number of morpholine rings is 1. The van der Waals surface area contributed by atoms with Gasteiger partial charge in [-0.05, 0) is 30.5 Å². The Bertz CT molecular complexity index is 774. The van der Waals surface area contributed by atoms with Gasteiger partial charge in [0.05, 0.1) is 33.0 Å². The Hall–Kier alpha value is -2.41. The van der Waals surface area contributed by atoms with E-state index in [1.165, 1.54) is 16.7 Å². The molecule has 0 aromatic heterocycles. The molecule has 3 rings (SSSR count). The Labute approximate surface area is 186 Å². The average Bonchev–Trinajstić information content (AvgIpc) is 2.83. The Morgan fingerprint density at radius 3 is 2.29 bits per heavy atom. The summed E-state index contributed by atoms with van der Waals surface area (Å²) in [5.74, 6) is 0.859. The van der Waals surface area contributed by atoms with Gasteiger partial charge in [0.25, 0.3) is 0 Å². The van der Waals surface area contributed by atoms with E-state index < -0.39 is 0 Å². The van der Waals surface area contributed by atoms with Crippen molar-refractivity contribution in [3.8, 4) is 0 Å². The maximum Gasteiger partial charge on any atom is 0.191 e. The Morgan fingerprint density at radius 1 is 0.968 bits per heavy atom. The van der Waals surface area contributed by atoms with Gasteiger partial charge in [0.1, 0.15) is 0 Å². The van der Waals surface area contributed by atoms with Gasteiger partial charge in [-0.25, -0.2) is 4.99 Å². The van der Waals surface area contributed by atoms with Gasteiger partial charge in [-0.1, -0.05) is 54.6 Å². The third-order valence-electron chi connectivity index (χ3n) is 5.40. The summed E-state index contributed by atoms with van der Waals surface area (Å²) in [6.07, 6.45) is 0. The fourth-order valence-corrected chi connectivity index (χ4v) is 3.51. The molecule has 2 N–H and O–H groups in total. The van der Waals surface area contributed by atoms with Crippen LogP contribution in [0.15, 0.2) is 59.6 Å². The van der Waals surface area contributed by atoms with E-state index in [4.69, 9.17) is 14.5 Å². The summed E-state index contributed by atoms with van der Waals surface area (Å²) in [6, 6.07) is 19.2. The fourth-order valence-electron chi connectivity index (χ4n) is 3.51. The van der Waals surface area contributed by atoms with Crippen LogP contribution in [0.1, 0.15) is 30.5 Å². The van der Waals surface area contributed by atoms with Crippen LogP contribution in [-0.2, 0) is 29.2 Å². The van der Waals surface area contributed by atoms with Crippen molar-refractivity contribution in [1.82, 2.24) is 15.5 Å². The third-order valence-corrected chi connectivity index (χ3v) is 5.40. The Morgan fingerprint density at radius 2 is 1.61 bits per heavy atom. The molecule has 1 heterocycles. The Balaban J connectivity index is 1.43. The van der Waals surface area contributed by atoms with Crippen molar-refractivity contribution in [3.63, 3.8) is 0 Å². The van der Waals surface area contributed by atoms with Crippen LogP contribution in [0.4, 0.5) is 0 Å². The van der Waals surface area contributed by atoms with Crippen LogP contribution >= 0.6 is 0 Å². The molecular formula is C25H36N4O2. The normalized spacial score (nSPS) is 16.1. The maximum absolute atomic E-state index is 5.82. The van der Waals surface area contributed by atoms with Crippen molar-refractivity contribution in [1.29, 1.82) is 0 Å². The predicted octanol–water partition coefficient (Wildman–Crippen LogP) is 3.18. The number of guanidine groups is 1. The molecule has 0 radical (unpaired) electrons. The van der Waals surface area contributed by atoms with Crippen molar-refractivity contribution < 1.29 is 9.47 Å². The molecule has 0 spiro atoms. The lowest BCUT2D eigenvalue weighted by atomic mass is 10.1. The van der Waals surface area contributed by atoms with Crippen LogP contribution in [0.25, 0.3) is 0 Å². The van der Waals surface area contributed by atoms with Crippen LogP contribution in [0.2, 0.25) is 0 Å². The smallest absolute Gasteiger partial charge is 0.191 e. The summed E-state index contributed by atoms with van der Waals surface area (Å²) in [5.41, 5.74) is 3.55. The van der Waals surface area contributed by atoms with E-state index in [-0.39, 0.29) is 0 Å². The van der Waals surface area contributed by atoms with Gasteiger partial charge in [0.15, 0.2) is 5.96 Å². The zero-order chi connectivity index (χ0) is 21.7. The topological polar surface area (TPSA) is 58.1 Å². The molecule has 1 aliphatic heterocycles. The minimum absolute atomic E-state index is 0.447. The van der Waals surface area contributed by atoms with Gasteiger partial charge in [-0.2, -0.15) is 0 Å². The highest BCUT2D eigenvalue weighted by Crippen LogP contribution is 2.09. The molecule has 1 aliphatic rings. The van der Waals surface area contributed by atoms with Gasteiger partial charge in [0.2, 0.25) is 0 Å². The Kier molecular flexibility index (Phi) is 9.83. The van der Waals surface area contributed by atoms with Crippen molar-refractivity contribution >= 4 is 5.96 Å². The van der Waals surface area contributed by atoms with Crippen LogP contribution in [0.5, 0.6) is 0 Å². The lowest BCUT2D eigenvalue weighted by Gasteiger charge is -2.32. The van der Waals surface area contributed by atoms with Gasteiger partial charge in [-0.3, -0.25) is 4.90 Å². The molecule has 2 aromatic carbocycles. The molecule has 31 heavy (non-hydrogen) atoms. The molecule has 1 saturated heterocycles. The number of benzene rings is 2. The van der Waals surface area contributed by atoms with Crippen molar-refractivity contribution in [2.24, 2.45) is 4.99 Å². The van der Waals surface area contributed by atoms with E-state index in [0.29, 0.717) is 25.8 Å². The molecule has 0 bridgehead atoms. The van der Waals surface area contributed by atoms with Crippen molar-refractivity contribution in [2.45, 2.75) is 39.6 Å². The van der Waals surface area contributed by atoms with Crippen molar-refractivity contribution in [3.05, 3.63) is 71.3 Å². The summed E-state index contributed by atoms with van der Waals surface area (Å²) in [4.78, 5) is 7.21. The van der Waals surface area contributed by atoms with Crippen LogP contribution in [0, 0.1) is 0 Å². The van der Waals surface area contributed by atoms with Gasteiger partial charge in [0, 0.05) is 32.2 Å². The minimum atomic E-state index is 0.447. The van der Waals surface area contributed by atoms with Gasteiger partial charge in [-0.15, -0.1) is 0 Å². The minimum Gasteiger partial charge on any atom is -0.379 e. The lowest BCUT2D eigenvalue weighted by molar-refractivity contribution is 0.0211. The molecule has 0 saturated carbocycles. The molecule has 1 unspecified atom stereocenters.